The summed E-state index contributed by atoms with van der Waals surface area (Å²) < 4.78 is 35.1. The van der Waals surface area contributed by atoms with Gasteiger partial charge in [0.1, 0.15) is 17.4 Å². The zero-order valence-electron chi connectivity index (χ0n) is 18.1. The normalized spacial score (nSPS) is 19.7. The molecule has 0 bridgehead atoms. The van der Waals surface area contributed by atoms with Crippen LogP contribution in [0.3, 0.4) is 0 Å². The second-order valence-electron chi connectivity index (χ2n) is 8.02. The van der Waals surface area contributed by atoms with Crippen molar-refractivity contribution in [2.24, 2.45) is 5.16 Å². The van der Waals surface area contributed by atoms with Crippen molar-refractivity contribution in [2.45, 2.75) is 25.5 Å². The van der Waals surface area contributed by atoms with Crippen LogP contribution in [0.2, 0.25) is 5.28 Å². The van der Waals surface area contributed by atoms with Crippen molar-refractivity contribution in [2.75, 3.05) is 13.7 Å². The zero-order valence-corrected chi connectivity index (χ0v) is 18.8. The van der Waals surface area contributed by atoms with Crippen LogP contribution in [0, 0.1) is 18.6 Å². The van der Waals surface area contributed by atoms with Crippen molar-refractivity contribution in [3.63, 3.8) is 0 Å². The van der Waals surface area contributed by atoms with Crippen LogP contribution in [0.4, 0.5) is 8.78 Å². The van der Waals surface area contributed by atoms with Gasteiger partial charge in [0.25, 0.3) is 0 Å². The Labute approximate surface area is 194 Å². The molecule has 0 amide bonds. The number of hydrogen-bond acceptors (Lipinski definition) is 5. The summed E-state index contributed by atoms with van der Waals surface area (Å²) in [7, 11) is 1.59. The molecule has 2 aliphatic rings. The zero-order chi connectivity index (χ0) is 23.2. The Morgan fingerprint density at radius 2 is 1.94 bits per heavy atom. The Balaban J connectivity index is 1.41. The van der Waals surface area contributed by atoms with Gasteiger partial charge >= 0.3 is 0 Å². The minimum atomic E-state index is -0.986. The molecule has 1 fully saturated rings. The molecule has 2 aromatic carbocycles. The highest BCUT2D eigenvalue weighted by atomic mass is 35.5. The predicted octanol–water partition coefficient (Wildman–Crippen LogP) is 5.43. The number of benzene rings is 2. The number of oxime groups is 1. The summed E-state index contributed by atoms with van der Waals surface area (Å²) in [4.78, 5) is 11.9. The predicted molar refractivity (Wildman–Crippen MR) is 121 cm³/mol. The van der Waals surface area contributed by atoms with Crippen LogP contribution < -0.4 is 4.74 Å². The molecule has 9 heteroatoms. The van der Waals surface area contributed by atoms with Crippen LogP contribution in [0.1, 0.15) is 29.7 Å². The number of nitrogens with zero attached hydrogens (tertiary/aromatic N) is 4. The van der Waals surface area contributed by atoms with Crippen LogP contribution in [-0.4, -0.2) is 33.9 Å². The molecule has 1 unspecified atom stereocenters. The number of rotatable bonds is 5. The number of fused-ring (bicyclic) bond motifs is 1. The summed E-state index contributed by atoms with van der Waals surface area (Å²) in [6.07, 6.45) is 6.95. The average molecular weight is 471 g/mol. The Bertz CT molecular complexity index is 1270. The highest BCUT2D eigenvalue weighted by molar-refractivity contribution is 6.28. The van der Waals surface area contributed by atoms with Crippen LogP contribution in [0.5, 0.6) is 5.75 Å². The number of imidazole rings is 1. The van der Waals surface area contributed by atoms with Crippen molar-refractivity contribution in [3.05, 3.63) is 82.4 Å². The third-order valence-corrected chi connectivity index (χ3v) is 6.15. The number of aryl methyl sites for hydroxylation is 1. The second-order valence-corrected chi connectivity index (χ2v) is 8.36. The molecule has 2 aliphatic heterocycles. The van der Waals surface area contributed by atoms with Crippen LogP contribution in [-0.2, 0) is 10.6 Å². The highest BCUT2D eigenvalue weighted by Gasteiger charge is 2.50. The van der Waals surface area contributed by atoms with Crippen molar-refractivity contribution in [1.29, 1.82) is 0 Å². The maximum absolute atomic E-state index is 13.9. The molecule has 0 N–H and O–H groups in total. The lowest BCUT2D eigenvalue weighted by Crippen LogP contribution is -2.40. The van der Waals surface area contributed by atoms with Crippen LogP contribution >= 0.6 is 11.6 Å². The van der Waals surface area contributed by atoms with Gasteiger partial charge in [-0.3, -0.25) is 4.57 Å². The number of hydrogen-bond donors (Lipinski definition) is 0. The number of methoxy groups -OCH3 is 1. The molecule has 1 atom stereocenters. The Morgan fingerprint density at radius 1 is 1.15 bits per heavy atom. The molecule has 3 aromatic rings. The fraction of sp³-hybridized carbons (Fsp3) is 0.250. The summed E-state index contributed by atoms with van der Waals surface area (Å²) in [5.74, 6) is -0.0568. The topological polar surface area (TPSA) is 51.9 Å². The van der Waals surface area contributed by atoms with E-state index >= 15 is 0 Å². The summed E-state index contributed by atoms with van der Waals surface area (Å²) in [5, 5.41) is 4.57. The van der Waals surface area contributed by atoms with E-state index in [2.05, 4.69) is 10.1 Å². The molecule has 1 saturated heterocycles. The Hall–Kier alpha value is -3.39. The maximum atomic E-state index is 13.9. The maximum Gasteiger partial charge on any atom is 0.237 e. The summed E-state index contributed by atoms with van der Waals surface area (Å²) in [6.45, 7) is 2.54. The fourth-order valence-corrected chi connectivity index (χ4v) is 4.69. The minimum absolute atomic E-state index is 0.353. The molecule has 0 radical (unpaired) electrons. The van der Waals surface area contributed by atoms with Crippen LogP contribution in [0.15, 0.2) is 53.8 Å². The summed E-state index contributed by atoms with van der Waals surface area (Å²) >= 11 is 6.23. The number of amidine groups is 1. The molecule has 170 valence electrons. The minimum Gasteiger partial charge on any atom is -0.495 e. The summed E-state index contributed by atoms with van der Waals surface area (Å²) in [5.41, 5.74) is 1.88. The van der Waals surface area contributed by atoms with Crippen molar-refractivity contribution in [1.82, 2.24) is 14.5 Å². The molecular formula is C24H21ClF2N4O2. The monoisotopic (exact) mass is 470 g/mol. The molecule has 0 saturated carbocycles. The van der Waals surface area contributed by atoms with Gasteiger partial charge in [-0.25, -0.2) is 13.8 Å². The second kappa shape index (κ2) is 8.19. The molecule has 33 heavy (non-hydrogen) atoms. The van der Waals surface area contributed by atoms with Gasteiger partial charge in [-0.05, 0) is 60.9 Å². The van der Waals surface area contributed by atoms with E-state index in [0.717, 1.165) is 29.4 Å². The smallest absolute Gasteiger partial charge is 0.237 e. The molecule has 3 heterocycles. The third kappa shape index (κ3) is 3.74. The lowest BCUT2D eigenvalue weighted by atomic mass is 9.99. The number of ether oxygens (including phenoxy) is 1. The first-order valence-electron chi connectivity index (χ1n) is 10.5. The largest absolute Gasteiger partial charge is 0.495 e. The van der Waals surface area contributed by atoms with Gasteiger partial charge in [-0.2, -0.15) is 0 Å². The van der Waals surface area contributed by atoms with Crippen molar-refractivity contribution >= 4 is 23.5 Å². The highest BCUT2D eigenvalue weighted by Crippen LogP contribution is 2.44. The van der Waals surface area contributed by atoms with Gasteiger partial charge in [-0.1, -0.05) is 17.3 Å². The van der Waals surface area contributed by atoms with Crippen molar-refractivity contribution < 1.29 is 18.4 Å². The van der Waals surface area contributed by atoms with E-state index in [1.54, 1.807) is 11.7 Å². The van der Waals surface area contributed by atoms with Gasteiger partial charge in [0.2, 0.25) is 11.0 Å². The Kier molecular flexibility index (Phi) is 5.32. The SMILES string of the molecule is COc1cc(/C=C/C2=NOC3(c4cc(F)cc(F)c4)CCCN23)ccc1-n1cc(C)nc1Cl. The summed E-state index contributed by atoms with van der Waals surface area (Å²) in [6, 6.07) is 9.16. The third-order valence-electron chi connectivity index (χ3n) is 5.89. The first-order valence-corrected chi connectivity index (χ1v) is 10.9. The quantitative estimate of drug-likeness (QED) is 0.499. The lowest BCUT2D eigenvalue weighted by Gasteiger charge is -2.30. The van der Waals surface area contributed by atoms with Gasteiger partial charge in [0, 0.05) is 30.8 Å². The Morgan fingerprint density at radius 3 is 2.64 bits per heavy atom. The molecule has 0 spiro atoms. The fourth-order valence-electron chi connectivity index (χ4n) is 4.42. The first kappa shape index (κ1) is 21.5. The van der Waals surface area contributed by atoms with Crippen molar-refractivity contribution in [3.8, 4) is 11.4 Å². The molecule has 6 nitrogen and oxygen atoms in total. The molecular weight excluding hydrogens is 450 g/mol. The molecule has 1 aromatic heterocycles. The average Bonchev–Trinajstić information content (AvgIpc) is 3.45. The van der Waals surface area contributed by atoms with Crippen LogP contribution in [0.25, 0.3) is 11.8 Å². The van der Waals surface area contributed by atoms with E-state index in [9.17, 15) is 8.78 Å². The first-order chi connectivity index (χ1) is 15.9. The van der Waals surface area contributed by atoms with Gasteiger partial charge in [0.05, 0.1) is 18.5 Å². The standard InChI is InChI=1S/C24H21ClF2N4O2/c1-15-14-30(23(25)28-15)20-6-4-16(10-21(20)32-2)5-7-22-29-33-24(8-3-9-31(22)24)17-11-18(26)13-19(27)12-17/h4-7,10-14H,3,8-9H2,1-2H3/b7-5+. The van der Waals surface area contributed by atoms with E-state index in [1.165, 1.54) is 12.1 Å². The van der Waals surface area contributed by atoms with Gasteiger partial charge < -0.3 is 14.5 Å². The number of halogens is 3. The lowest BCUT2D eigenvalue weighted by molar-refractivity contribution is -0.0850. The molecule has 5 rings (SSSR count). The van der Waals surface area contributed by atoms with E-state index in [4.69, 9.17) is 21.2 Å². The van der Waals surface area contributed by atoms with E-state index in [1.807, 2.05) is 48.4 Å². The van der Waals surface area contributed by atoms with Gasteiger partial charge in [-0.15, -0.1) is 0 Å². The molecule has 0 aliphatic carbocycles. The van der Waals surface area contributed by atoms with Gasteiger partial charge in [0.15, 0.2) is 5.84 Å². The number of aromatic nitrogens is 2. The van der Waals surface area contributed by atoms with E-state index in [0.29, 0.717) is 35.4 Å². The van der Waals surface area contributed by atoms with E-state index < -0.39 is 17.4 Å². The van der Waals surface area contributed by atoms with E-state index in [-0.39, 0.29) is 0 Å².